The quantitative estimate of drug-likeness (QED) is 0.117. The number of aliphatic hydroxyl groups is 1. The van der Waals surface area contributed by atoms with Crippen molar-refractivity contribution in [2.75, 3.05) is 33.0 Å². The van der Waals surface area contributed by atoms with Gasteiger partial charge in [0.1, 0.15) is 31.2 Å². The molecule has 3 N–H and O–H groups in total. The second-order valence-electron chi connectivity index (χ2n) is 7.19. The molecule has 0 atom stereocenters. The van der Waals surface area contributed by atoms with E-state index in [0.717, 1.165) is 23.8 Å². The van der Waals surface area contributed by atoms with Crippen molar-refractivity contribution in [2.45, 2.75) is 13.8 Å². The molecule has 0 aliphatic heterocycles. The van der Waals surface area contributed by atoms with Crippen LogP contribution in [0.25, 0.3) is 0 Å². The van der Waals surface area contributed by atoms with E-state index in [2.05, 4.69) is 40.2 Å². The topological polar surface area (TPSA) is 210 Å². The lowest BCUT2D eigenvalue weighted by molar-refractivity contribution is -0.159. The Kier molecular flexibility index (Phi) is 20.2. The molecule has 0 saturated carbocycles. The largest absolute Gasteiger partial charge is 0.462 e. The van der Waals surface area contributed by atoms with E-state index in [1.165, 1.54) is 12.2 Å². The summed E-state index contributed by atoms with van der Waals surface area (Å²) in [6, 6.07) is 5.06. The monoisotopic (exact) mass is 561 g/mol. The summed E-state index contributed by atoms with van der Waals surface area (Å²) >= 11 is 0. The van der Waals surface area contributed by atoms with Crippen molar-refractivity contribution in [3.63, 3.8) is 0 Å². The van der Waals surface area contributed by atoms with Gasteiger partial charge < -0.3 is 29.8 Å². The van der Waals surface area contributed by atoms with E-state index in [1.807, 2.05) is 0 Å². The number of aliphatic imine (C=N–C) groups is 2. The lowest BCUT2D eigenvalue weighted by Crippen LogP contribution is -2.42. The Labute approximate surface area is 230 Å². The van der Waals surface area contributed by atoms with Crippen LogP contribution in [-0.2, 0) is 42.9 Å². The highest BCUT2D eigenvalue weighted by molar-refractivity contribution is 5.82. The summed E-state index contributed by atoms with van der Waals surface area (Å²) in [5, 5.41) is 9.48. The van der Waals surface area contributed by atoms with Gasteiger partial charge in [-0.3, -0.25) is 0 Å². The third-order valence-electron chi connectivity index (χ3n) is 4.22. The summed E-state index contributed by atoms with van der Waals surface area (Å²) in [4.78, 5) is 69.8. The highest BCUT2D eigenvalue weighted by Gasteiger charge is 2.35. The second kappa shape index (κ2) is 21.9. The maximum absolute atomic E-state index is 11.1. The normalized spacial score (nSPS) is 9.18. The van der Waals surface area contributed by atoms with Crippen LogP contribution in [0.1, 0.15) is 12.5 Å². The Bertz CT molecular complexity index is 1070. The summed E-state index contributed by atoms with van der Waals surface area (Å²) in [5.74, 6) is -2.17. The number of aryl methyl sites for hydroxylation is 1. The molecular weight excluding hydrogens is 530 g/mol. The predicted octanol–water partition coefficient (Wildman–Crippen LogP) is 2.18. The van der Waals surface area contributed by atoms with Crippen molar-refractivity contribution < 1.29 is 52.8 Å². The van der Waals surface area contributed by atoms with Gasteiger partial charge in [-0.05, 0) is 25.5 Å². The zero-order valence-electron chi connectivity index (χ0n) is 22.1. The van der Waals surface area contributed by atoms with E-state index < -0.39 is 36.0 Å². The van der Waals surface area contributed by atoms with E-state index in [0.29, 0.717) is 18.0 Å². The molecule has 1 amide bonds. The Balaban J connectivity index is 0. The lowest BCUT2D eigenvalue weighted by Gasteiger charge is -2.29. The van der Waals surface area contributed by atoms with Gasteiger partial charge in [0.05, 0.1) is 18.6 Å². The van der Waals surface area contributed by atoms with E-state index in [-0.39, 0.29) is 19.8 Å². The zero-order chi connectivity index (χ0) is 31.0. The van der Waals surface area contributed by atoms with Gasteiger partial charge in [0.2, 0.25) is 12.2 Å². The molecule has 0 aliphatic rings. The average molecular weight is 562 g/mol. The predicted molar refractivity (Wildman–Crippen MR) is 141 cm³/mol. The molecule has 0 aliphatic carbocycles. The number of aliphatic hydroxyl groups excluding tert-OH is 1. The molecule has 0 spiro atoms. The number of esters is 3. The maximum atomic E-state index is 11.1. The number of amides is 1. The number of rotatable bonds is 13. The van der Waals surface area contributed by atoms with Gasteiger partial charge >= 0.3 is 24.0 Å². The molecule has 0 aromatic heterocycles. The fourth-order valence-electron chi connectivity index (χ4n) is 2.23. The number of primary amides is 1. The number of para-hydroxylation sites is 1. The summed E-state index contributed by atoms with van der Waals surface area (Å²) in [5.41, 5.74) is 4.72. The first-order valence-corrected chi connectivity index (χ1v) is 11.2. The standard InChI is InChI=1S/C14H18O7.C9H6N2O2.C3H7NO2/c1-4-11(16)19-8-14(7-15,9-20-12(17)5-2)10-21-13(18)6-3;1-7-3-2-4-8(10-5-12)9(7)11-6-13;1-2-6-3(4)5/h4-6,15H,1-3,7-10H2;2-4H,1H3;2H2,1H3,(H2,4,5). The third kappa shape index (κ3) is 16.6. The number of hydrogen-bond donors (Lipinski definition) is 2. The van der Waals surface area contributed by atoms with Crippen LogP contribution in [0.5, 0.6) is 0 Å². The molecule has 1 rings (SSSR count). The zero-order valence-corrected chi connectivity index (χ0v) is 22.1. The number of nitrogens with zero attached hydrogens (tertiary/aromatic N) is 2. The molecule has 0 heterocycles. The molecule has 14 heteroatoms. The second-order valence-corrected chi connectivity index (χ2v) is 7.19. The van der Waals surface area contributed by atoms with Gasteiger partial charge in [0.15, 0.2) is 0 Å². The Morgan fingerprint density at radius 2 is 1.35 bits per heavy atom. The number of nitrogens with two attached hydrogens (primary N) is 1. The average Bonchev–Trinajstić information content (AvgIpc) is 2.94. The van der Waals surface area contributed by atoms with Crippen molar-refractivity contribution in [2.24, 2.45) is 21.1 Å². The number of hydrogen-bond acceptors (Lipinski definition) is 13. The summed E-state index contributed by atoms with van der Waals surface area (Å²) in [6.07, 6.45) is 4.91. The first-order valence-electron chi connectivity index (χ1n) is 11.2. The molecule has 0 bridgehead atoms. The minimum atomic E-state index is -1.28. The summed E-state index contributed by atoms with van der Waals surface area (Å²) in [6.45, 7) is 12.0. The fraction of sp³-hybridized carbons (Fsp3) is 0.308. The van der Waals surface area contributed by atoms with Crippen molar-refractivity contribution in [3.8, 4) is 0 Å². The van der Waals surface area contributed by atoms with E-state index in [4.69, 9.17) is 14.2 Å². The van der Waals surface area contributed by atoms with Crippen LogP contribution >= 0.6 is 0 Å². The maximum Gasteiger partial charge on any atom is 0.404 e. The summed E-state index contributed by atoms with van der Waals surface area (Å²) < 4.78 is 18.7. The highest BCUT2D eigenvalue weighted by atomic mass is 16.6. The van der Waals surface area contributed by atoms with E-state index in [9.17, 15) is 33.9 Å². The smallest absolute Gasteiger partial charge is 0.404 e. The molecule has 0 fully saturated rings. The van der Waals surface area contributed by atoms with Gasteiger partial charge in [-0.2, -0.15) is 9.98 Å². The number of ether oxygens (including phenoxy) is 4. The number of carbonyl (C=O) groups is 4. The van der Waals surface area contributed by atoms with Gasteiger partial charge in [0, 0.05) is 18.2 Å². The van der Waals surface area contributed by atoms with Gasteiger partial charge in [-0.25, -0.2) is 28.8 Å². The van der Waals surface area contributed by atoms with Crippen molar-refractivity contribution in [3.05, 3.63) is 61.7 Å². The number of isocyanates is 2. The van der Waals surface area contributed by atoms with Gasteiger partial charge in [-0.15, -0.1) is 0 Å². The van der Waals surface area contributed by atoms with Crippen LogP contribution in [0.15, 0.2) is 66.1 Å². The molecule has 216 valence electrons. The Morgan fingerprint density at radius 3 is 1.65 bits per heavy atom. The van der Waals surface area contributed by atoms with Gasteiger partial charge in [0.25, 0.3) is 0 Å². The molecule has 1 aromatic rings. The van der Waals surface area contributed by atoms with Crippen molar-refractivity contribution >= 4 is 47.5 Å². The molecule has 0 saturated heterocycles. The van der Waals surface area contributed by atoms with Crippen molar-refractivity contribution in [1.29, 1.82) is 0 Å². The van der Waals surface area contributed by atoms with E-state index >= 15 is 0 Å². The van der Waals surface area contributed by atoms with Crippen LogP contribution in [0.2, 0.25) is 0 Å². The Morgan fingerprint density at radius 1 is 0.900 bits per heavy atom. The summed E-state index contributed by atoms with van der Waals surface area (Å²) in [7, 11) is 0. The first-order chi connectivity index (χ1) is 19.0. The molecule has 0 radical (unpaired) electrons. The molecule has 14 nitrogen and oxygen atoms in total. The lowest BCUT2D eigenvalue weighted by atomic mass is 9.92. The van der Waals surface area contributed by atoms with Crippen LogP contribution in [0.4, 0.5) is 16.2 Å². The van der Waals surface area contributed by atoms with Crippen LogP contribution in [-0.4, -0.2) is 74.3 Å². The minimum Gasteiger partial charge on any atom is -0.462 e. The molecule has 0 unspecified atom stereocenters. The highest BCUT2D eigenvalue weighted by Crippen LogP contribution is 2.30. The SMILES string of the molecule is C=CC(=O)OCC(CO)(COC(=O)C=C)COC(=O)C=C.CCOC(N)=O.Cc1cccc(N=C=O)c1N=C=O. The van der Waals surface area contributed by atoms with Crippen LogP contribution in [0, 0.1) is 12.3 Å². The number of benzene rings is 1. The number of carbonyl (C=O) groups excluding carboxylic acids is 6. The minimum absolute atomic E-state index is 0.330. The third-order valence-corrected chi connectivity index (χ3v) is 4.22. The van der Waals surface area contributed by atoms with E-state index in [1.54, 1.807) is 32.0 Å². The van der Waals surface area contributed by atoms with Crippen molar-refractivity contribution in [1.82, 2.24) is 0 Å². The fourth-order valence-corrected chi connectivity index (χ4v) is 2.23. The molecule has 40 heavy (non-hydrogen) atoms. The van der Waals surface area contributed by atoms with Gasteiger partial charge in [-0.1, -0.05) is 31.9 Å². The van der Waals surface area contributed by atoms with Crippen LogP contribution in [0.3, 0.4) is 0 Å². The van der Waals surface area contributed by atoms with Crippen LogP contribution < -0.4 is 5.73 Å². The first kappa shape index (κ1) is 37.0. The Hall–Kier alpha value is -5.16. The molecule has 1 aromatic carbocycles. The molecular formula is C26H31N3O11.